The highest BCUT2D eigenvalue weighted by atomic mass is 19.4. The van der Waals surface area contributed by atoms with Gasteiger partial charge in [0.05, 0.1) is 18.4 Å². The van der Waals surface area contributed by atoms with Crippen molar-refractivity contribution in [3.05, 3.63) is 53.6 Å². The van der Waals surface area contributed by atoms with Crippen LogP contribution in [0.25, 0.3) is 0 Å². The molecule has 0 spiro atoms. The maximum atomic E-state index is 12.4. The molecule has 0 aliphatic carbocycles. The first-order valence-electron chi connectivity index (χ1n) is 5.63. The molecule has 1 atom stereocenters. The lowest BCUT2D eigenvalue weighted by Crippen LogP contribution is -2.09. The summed E-state index contributed by atoms with van der Waals surface area (Å²) in [4.78, 5) is 7.59. The molecule has 2 aromatic rings. The van der Waals surface area contributed by atoms with E-state index in [4.69, 9.17) is 4.74 Å². The van der Waals surface area contributed by atoms with E-state index in [0.29, 0.717) is 11.9 Å². The van der Waals surface area contributed by atoms with Crippen LogP contribution in [0.15, 0.2) is 36.7 Å². The molecule has 0 aliphatic heterocycles. The van der Waals surface area contributed by atoms with Crippen LogP contribution in [0.3, 0.4) is 0 Å². The molecule has 0 aromatic carbocycles. The minimum absolute atomic E-state index is 0.0648. The van der Waals surface area contributed by atoms with Gasteiger partial charge in [0.2, 0.25) is 0 Å². The van der Waals surface area contributed by atoms with Gasteiger partial charge in [-0.3, -0.25) is 9.97 Å². The summed E-state index contributed by atoms with van der Waals surface area (Å²) in [7, 11) is 1.41. The third kappa shape index (κ3) is 2.88. The fourth-order valence-electron chi connectivity index (χ4n) is 1.66. The van der Waals surface area contributed by atoms with E-state index in [1.807, 2.05) is 0 Å². The fourth-order valence-corrected chi connectivity index (χ4v) is 1.66. The molecule has 7 heteroatoms. The van der Waals surface area contributed by atoms with Crippen molar-refractivity contribution in [2.75, 3.05) is 7.11 Å². The van der Waals surface area contributed by atoms with Gasteiger partial charge in [0, 0.05) is 12.4 Å². The van der Waals surface area contributed by atoms with Crippen LogP contribution in [-0.2, 0) is 6.18 Å². The van der Waals surface area contributed by atoms with Crippen molar-refractivity contribution >= 4 is 0 Å². The SMILES string of the molecule is COc1cccnc1C(O)c1ccc(C(F)(F)F)cn1. The molecule has 0 fully saturated rings. The van der Waals surface area contributed by atoms with Gasteiger partial charge in [0.1, 0.15) is 17.5 Å². The molecule has 20 heavy (non-hydrogen) atoms. The topological polar surface area (TPSA) is 55.2 Å². The average Bonchev–Trinajstić information content (AvgIpc) is 2.45. The molecule has 0 saturated carbocycles. The van der Waals surface area contributed by atoms with Gasteiger partial charge in [-0.2, -0.15) is 13.2 Å². The summed E-state index contributed by atoms with van der Waals surface area (Å²) >= 11 is 0. The van der Waals surface area contributed by atoms with E-state index in [2.05, 4.69) is 9.97 Å². The van der Waals surface area contributed by atoms with E-state index >= 15 is 0 Å². The molecule has 0 radical (unpaired) electrons. The number of aromatic nitrogens is 2. The maximum absolute atomic E-state index is 12.4. The molecule has 106 valence electrons. The Balaban J connectivity index is 2.32. The molecule has 2 aromatic heterocycles. The fraction of sp³-hybridized carbons (Fsp3) is 0.231. The minimum atomic E-state index is -4.46. The number of aliphatic hydroxyl groups excluding tert-OH is 1. The van der Waals surface area contributed by atoms with Crippen LogP contribution in [0.5, 0.6) is 5.75 Å². The van der Waals surface area contributed by atoms with Gasteiger partial charge in [-0.1, -0.05) is 0 Å². The van der Waals surface area contributed by atoms with Crippen molar-refractivity contribution in [1.29, 1.82) is 0 Å². The molecule has 4 nitrogen and oxygen atoms in total. The number of hydrogen-bond donors (Lipinski definition) is 1. The van der Waals surface area contributed by atoms with Gasteiger partial charge >= 0.3 is 6.18 Å². The Morgan fingerprint density at radius 2 is 1.95 bits per heavy atom. The van der Waals surface area contributed by atoms with Crippen LogP contribution in [0.1, 0.15) is 23.1 Å². The Morgan fingerprint density at radius 1 is 1.20 bits per heavy atom. The van der Waals surface area contributed by atoms with E-state index in [-0.39, 0.29) is 11.4 Å². The molecule has 2 rings (SSSR count). The van der Waals surface area contributed by atoms with E-state index in [9.17, 15) is 18.3 Å². The zero-order valence-corrected chi connectivity index (χ0v) is 10.4. The second-order valence-corrected chi connectivity index (χ2v) is 3.96. The molecule has 2 heterocycles. The van der Waals surface area contributed by atoms with E-state index in [1.165, 1.54) is 13.3 Å². The van der Waals surface area contributed by atoms with Crippen molar-refractivity contribution in [3.63, 3.8) is 0 Å². The van der Waals surface area contributed by atoms with E-state index in [1.54, 1.807) is 12.1 Å². The highest BCUT2D eigenvalue weighted by Gasteiger charge is 2.31. The summed E-state index contributed by atoms with van der Waals surface area (Å²) < 4.78 is 42.3. The lowest BCUT2D eigenvalue weighted by molar-refractivity contribution is -0.137. The molecule has 0 amide bonds. The van der Waals surface area contributed by atoms with Crippen LogP contribution >= 0.6 is 0 Å². The smallest absolute Gasteiger partial charge is 0.417 e. The van der Waals surface area contributed by atoms with Crippen LogP contribution in [-0.4, -0.2) is 22.2 Å². The molecule has 1 unspecified atom stereocenters. The Hall–Kier alpha value is -2.15. The molecule has 0 bridgehead atoms. The molecule has 0 aliphatic rings. The van der Waals surface area contributed by atoms with Gasteiger partial charge < -0.3 is 9.84 Å². The lowest BCUT2D eigenvalue weighted by Gasteiger charge is -2.13. The van der Waals surface area contributed by atoms with Gasteiger partial charge in [0.15, 0.2) is 0 Å². The largest absolute Gasteiger partial charge is 0.495 e. The second-order valence-electron chi connectivity index (χ2n) is 3.96. The highest BCUT2D eigenvalue weighted by Crippen LogP contribution is 2.31. The third-order valence-corrected chi connectivity index (χ3v) is 2.67. The van der Waals surface area contributed by atoms with Crippen molar-refractivity contribution < 1.29 is 23.0 Å². The number of ether oxygens (including phenoxy) is 1. The van der Waals surface area contributed by atoms with E-state index < -0.39 is 17.8 Å². The Labute approximate surface area is 112 Å². The first-order valence-corrected chi connectivity index (χ1v) is 5.63. The number of halogens is 3. The average molecular weight is 284 g/mol. The Bertz CT molecular complexity index is 585. The number of aliphatic hydroxyl groups is 1. The molecular weight excluding hydrogens is 273 g/mol. The summed E-state index contributed by atoms with van der Waals surface area (Å²) in [5.41, 5.74) is -0.612. The first kappa shape index (κ1) is 14.3. The molecule has 1 N–H and O–H groups in total. The summed E-state index contributed by atoms with van der Waals surface area (Å²) in [6.45, 7) is 0. The van der Waals surface area contributed by atoms with Crippen molar-refractivity contribution in [3.8, 4) is 5.75 Å². The van der Waals surface area contributed by atoms with E-state index in [0.717, 1.165) is 12.1 Å². The predicted octanol–water partition coefficient (Wildman–Crippen LogP) is 2.59. The van der Waals surface area contributed by atoms with Crippen LogP contribution in [0, 0.1) is 0 Å². The minimum Gasteiger partial charge on any atom is -0.495 e. The summed E-state index contributed by atoms with van der Waals surface area (Å²) in [6, 6.07) is 5.19. The standard InChI is InChI=1S/C13H11F3N2O2/c1-20-10-3-2-6-17-11(10)12(19)9-5-4-8(7-18-9)13(14,15)16/h2-7,12,19H,1H3. The lowest BCUT2D eigenvalue weighted by atomic mass is 10.1. The number of alkyl halides is 3. The van der Waals surface area contributed by atoms with Gasteiger partial charge in [-0.25, -0.2) is 0 Å². The van der Waals surface area contributed by atoms with Gasteiger partial charge in [-0.05, 0) is 24.3 Å². The first-order chi connectivity index (χ1) is 9.43. The van der Waals surface area contributed by atoms with Crippen LogP contribution in [0.2, 0.25) is 0 Å². The summed E-state index contributed by atoms with van der Waals surface area (Å²) in [5, 5.41) is 10.1. The zero-order valence-electron chi connectivity index (χ0n) is 10.4. The second kappa shape index (κ2) is 5.46. The number of rotatable bonds is 3. The van der Waals surface area contributed by atoms with Gasteiger partial charge in [0.25, 0.3) is 0 Å². The van der Waals surface area contributed by atoms with Crippen LogP contribution < -0.4 is 4.74 Å². The normalized spacial score (nSPS) is 13.1. The van der Waals surface area contributed by atoms with Crippen molar-refractivity contribution in [2.24, 2.45) is 0 Å². The zero-order chi connectivity index (χ0) is 14.8. The van der Waals surface area contributed by atoms with Gasteiger partial charge in [-0.15, -0.1) is 0 Å². The maximum Gasteiger partial charge on any atom is 0.417 e. The molecular formula is C13H11F3N2O2. The Morgan fingerprint density at radius 3 is 2.50 bits per heavy atom. The van der Waals surface area contributed by atoms with Crippen molar-refractivity contribution in [2.45, 2.75) is 12.3 Å². The van der Waals surface area contributed by atoms with Crippen molar-refractivity contribution in [1.82, 2.24) is 9.97 Å². The van der Waals surface area contributed by atoms with Crippen LogP contribution in [0.4, 0.5) is 13.2 Å². The summed E-state index contributed by atoms with van der Waals surface area (Å²) in [6.07, 6.45) is -3.59. The molecule has 0 saturated heterocycles. The monoisotopic (exact) mass is 284 g/mol. The summed E-state index contributed by atoms with van der Waals surface area (Å²) in [5.74, 6) is 0.335. The number of pyridine rings is 2. The highest BCUT2D eigenvalue weighted by molar-refractivity contribution is 5.33. The Kier molecular flexibility index (Phi) is 3.89. The number of methoxy groups -OCH3 is 1. The number of hydrogen-bond acceptors (Lipinski definition) is 4. The number of nitrogens with zero attached hydrogens (tertiary/aromatic N) is 2. The predicted molar refractivity (Wildman–Crippen MR) is 64.1 cm³/mol. The quantitative estimate of drug-likeness (QED) is 0.941. The third-order valence-electron chi connectivity index (χ3n) is 2.67.